The molecule has 3 heterocycles. The highest BCUT2D eigenvalue weighted by atomic mass is 32.2. The molecule has 1 saturated heterocycles. The smallest absolute Gasteiger partial charge is 0.293 e. The number of hydrogen-bond acceptors (Lipinski definition) is 8. The average molecular weight is 479 g/mol. The normalized spacial score (nSPS) is 15.2. The van der Waals surface area contributed by atoms with E-state index in [0.29, 0.717) is 21.6 Å². The Kier molecular flexibility index (Phi) is 5.48. The highest BCUT2D eigenvalue weighted by Gasteiger charge is 2.35. The van der Waals surface area contributed by atoms with Gasteiger partial charge >= 0.3 is 0 Å². The maximum Gasteiger partial charge on any atom is 0.293 e. The van der Waals surface area contributed by atoms with E-state index in [1.165, 1.54) is 36.0 Å². The number of nitro groups is 1. The van der Waals surface area contributed by atoms with Gasteiger partial charge in [0.1, 0.15) is 5.76 Å². The lowest BCUT2D eigenvalue weighted by atomic mass is 10.2. The number of aromatic amines is 1. The van der Waals surface area contributed by atoms with Gasteiger partial charge in [0.2, 0.25) is 0 Å². The highest BCUT2D eigenvalue weighted by molar-refractivity contribution is 8.18. The van der Waals surface area contributed by atoms with Gasteiger partial charge in [0.25, 0.3) is 16.8 Å². The van der Waals surface area contributed by atoms with E-state index in [1.54, 1.807) is 18.2 Å². The van der Waals surface area contributed by atoms with Gasteiger partial charge in [-0.25, -0.2) is 4.98 Å². The molecule has 0 bridgehead atoms. The first kappa shape index (κ1) is 21.0. The standard InChI is InChI=1S/C22H14N4O5S2/c27-20-18(32-22(28)25(20)12-13-4-3-5-14(10-13)26(29)30)11-15-8-9-19(31-15)33-21-23-16-6-1-2-7-17(16)24-21/h1-11H,12H2,(H,23,24)/b18-11-. The Hall–Kier alpha value is -3.83. The van der Waals surface area contributed by atoms with Crippen LogP contribution in [0.3, 0.4) is 0 Å². The zero-order valence-electron chi connectivity index (χ0n) is 16.8. The first-order chi connectivity index (χ1) is 16.0. The average Bonchev–Trinajstić information content (AvgIpc) is 3.48. The number of amides is 2. The number of nitrogens with one attached hydrogen (secondary N) is 1. The van der Waals surface area contributed by atoms with Crippen LogP contribution in [0.25, 0.3) is 17.1 Å². The fourth-order valence-corrected chi connectivity index (χ4v) is 4.84. The second kappa shape index (κ2) is 8.60. The van der Waals surface area contributed by atoms with E-state index in [0.717, 1.165) is 27.7 Å². The van der Waals surface area contributed by atoms with Crippen LogP contribution in [-0.2, 0) is 11.3 Å². The zero-order chi connectivity index (χ0) is 22.9. The van der Waals surface area contributed by atoms with Crippen molar-refractivity contribution in [2.75, 3.05) is 0 Å². The van der Waals surface area contributed by atoms with E-state index in [4.69, 9.17) is 4.42 Å². The number of non-ortho nitro benzene ring substituents is 1. The summed E-state index contributed by atoms with van der Waals surface area (Å²) >= 11 is 2.11. The Labute approximate surface area is 195 Å². The van der Waals surface area contributed by atoms with Crippen molar-refractivity contribution in [2.24, 2.45) is 0 Å². The van der Waals surface area contributed by atoms with Gasteiger partial charge in [-0.3, -0.25) is 24.6 Å². The number of fused-ring (bicyclic) bond motifs is 1. The number of aromatic nitrogens is 2. The van der Waals surface area contributed by atoms with Gasteiger partial charge < -0.3 is 9.40 Å². The Morgan fingerprint density at radius 2 is 2.00 bits per heavy atom. The summed E-state index contributed by atoms with van der Waals surface area (Å²) in [6.45, 7) is -0.0466. The van der Waals surface area contributed by atoms with Gasteiger partial charge in [-0.05, 0) is 53.4 Å². The molecule has 2 amide bonds. The molecule has 0 saturated carbocycles. The summed E-state index contributed by atoms with van der Waals surface area (Å²) in [6, 6.07) is 17.0. The predicted octanol–water partition coefficient (Wildman–Crippen LogP) is 5.45. The van der Waals surface area contributed by atoms with Crippen LogP contribution < -0.4 is 0 Å². The lowest BCUT2D eigenvalue weighted by Crippen LogP contribution is -2.27. The number of H-pyrrole nitrogens is 1. The summed E-state index contributed by atoms with van der Waals surface area (Å²) < 4.78 is 5.78. The van der Waals surface area contributed by atoms with Crippen LogP contribution in [0, 0.1) is 10.1 Å². The van der Waals surface area contributed by atoms with Crippen LogP contribution in [0.2, 0.25) is 0 Å². The highest BCUT2D eigenvalue weighted by Crippen LogP contribution is 2.35. The maximum absolute atomic E-state index is 12.8. The molecule has 1 N–H and O–H groups in total. The van der Waals surface area contributed by atoms with Crippen LogP contribution in [0.1, 0.15) is 11.3 Å². The van der Waals surface area contributed by atoms with E-state index < -0.39 is 16.1 Å². The zero-order valence-corrected chi connectivity index (χ0v) is 18.4. The van der Waals surface area contributed by atoms with E-state index in [2.05, 4.69) is 9.97 Å². The third-order valence-electron chi connectivity index (χ3n) is 4.78. The molecule has 0 spiro atoms. The molecule has 4 aromatic rings. The monoisotopic (exact) mass is 478 g/mol. The van der Waals surface area contributed by atoms with Crippen LogP contribution in [0.4, 0.5) is 10.5 Å². The minimum atomic E-state index is -0.519. The van der Waals surface area contributed by atoms with Gasteiger partial charge in [-0.2, -0.15) is 0 Å². The number of imide groups is 1. The summed E-state index contributed by atoms with van der Waals surface area (Å²) in [5, 5.41) is 11.8. The van der Waals surface area contributed by atoms with Crippen molar-refractivity contribution in [1.82, 2.24) is 14.9 Å². The number of para-hydroxylation sites is 2. The van der Waals surface area contributed by atoms with Crippen molar-refractivity contribution in [3.05, 3.63) is 87.0 Å². The summed E-state index contributed by atoms with van der Waals surface area (Å²) in [5.74, 6) is -0.0474. The molecule has 0 unspecified atom stereocenters. The molecule has 1 fully saturated rings. The van der Waals surface area contributed by atoms with E-state index in [1.807, 2.05) is 24.3 Å². The first-order valence-corrected chi connectivity index (χ1v) is 11.3. The van der Waals surface area contributed by atoms with Crippen molar-refractivity contribution in [1.29, 1.82) is 0 Å². The molecule has 2 aromatic carbocycles. The van der Waals surface area contributed by atoms with Gasteiger partial charge in [0, 0.05) is 18.2 Å². The number of imidazole rings is 1. The topological polar surface area (TPSA) is 122 Å². The number of rotatable bonds is 6. The van der Waals surface area contributed by atoms with Crippen LogP contribution in [0.15, 0.2) is 80.2 Å². The second-order valence-electron chi connectivity index (χ2n) is 7.01. The minimum absolute atomic E-state index is 0.0466. The molecule has 9 nitrogen and oxygen atoms in total. The number of carbonyl (C=O) groups excluding carboxylic acids is 2. The molecule has 33 heavy (non-hydrogen) atoms. The lowest BCUT2D eigenvalue weighted by molar-refractivity contribution is -0.384. The molecule has 164 valence electrons. The number of hydrogen-bond donors (Lipinski definition) is 1. The number of carbonyl (C=O) groups is 2. The number of furan rings is 1. The van der Waals surface area contributed by atoms with Crippen LogP contribution in [0.5, 0.6) is 0 Å². The largest absolute Gasteiger partial charge is 0.450 e. The number of benzene rings is 2. The maximum atomic E-state index is 12.8. The third-order valence-corrected chi connectivity index (χ3v) is 6.49. The van der Waals surface area contributed by atoms with Crippen molar-refractivity contribution < 1.29 is 18.9 Å². The SMILES string of the molecule is O=C1S/C(=C\c2ccc(Sc3nc4ccccc4[nH]3)o2)C(=O)N1Cc1cccc([N+](=O)[O-])c1. The summed E-state index contributed by atoms with van der Waals surface area (Å²) in [5.41, 5.74) is 2.17. The number of nitrogens with zero attached hydrogens (tertiary/aromatic N) is 3. The second-order valence-corrected chi connectivity index (χ2v) is 9.00. The van der Waals surface area contributed by atoms with E-state index >= 15 is 0 Å². The molecule has 0 atom stereocenters. The lowest BCUT2D eigenvalue weighted by Gasteiger charge is -2.12. The van der Waals surface area contributed by atoms with Crippen molar-refractivity contribution in [2.45, 2.75) is 16.8 Å². The summed E-state index contributed by atoms with van der Waals surface area (Å²) in [4.78, 5) is 44.6. The van der Waals surface area contributed by atoms with Gasteiger partial charge in [0.15, 0.2) is 10.2 Å². The number of thioether (sulfide) groups is 1. The first-order valence-electron chi connectivity index (χ1n) is 9.67. The Morgan fingerprint density at radius 3 is 2.82 bits per heavy atom. The summed E-state index contributed by atoms with van der Waals surface area (Å²) in [6.07, 6.45) is 1.51. The quantitative estimate of drug-likeness (QED) is 0.220. The molecule has 5 rings (SSSR count). The minimum Gasteiger partial charge on any atom is -0.450 e. The van der Waals surface area contributed by atoms with E-state index in [9.17, 15) is 19.7 Å². The molecule has 11 heteroatoms. The van der Waals surface area contributed by atoms with Crippen molar-refractivity contribution >= 4 is 57.5 Å². The van der Waals surface area contributed by atoms with E-state index in [-0.39, 0.29) is 17.1 Å². The van der Waals surface area contributed by atoms with Crippen molar-refractivity contribution in [3.8, 4) is 0 Å². The molecule has 1 aliphatic rings. The molecule has 2 aromatic heterocycles. The molecule has 0 radical (unpaired) electrons. The molecular formula is C22H14N4O5S2. The fraction of sp³-hybridized carbons (Fsp3) is 0.0455. The molecule has 1 aliphatic heterocycles. The summed E-state index contributed by atoms with van der Waals surface area (Å²) in [7, 11) is 0. The fourth-order valence-electron chi connectivity index (χ4n) is 3.26. The Balaban J connectivity index is 1.30. The third kappa shape index (κ3) is 4.41. The van der Waals surface area contributed by atoms with Gasteiger partial charge in [-0.15, -0.1) is 0 Å². The van der Waals surface area contributed by atoms with Gasteiger partial charge in [0.05, 0.1) is 27.4 Å². The number of nitro benzene ring substituents is 1. The Morgan fingerprint density at radius 1 is 1.15 bits per heavy atom. The Bertz CT molecular complexity index is 1410. The van der Waals surface area contributed by atoms with Crippen LogP contribution in [-0.4, -0.2) is 30.9 Å². The molecular weight excluding hydrogens is 464 g/mol. The van der Waals surface area contributed by atoms with Crippen LogP contribution >= 0.6 is 23.5 Å². The predicted molar refractivity (Wildman–Crippen MR) is 124 cm³/mol. The van der Waals surface area contributed by atoms with Crippen molar-refractivity contribution in [3.63, 3.8) is 0 Å². The molecule has 0 aliphatic carbocycles. The van der Waals surface area contributed by atoms with Gasteiger partial charge in [-0.1, -0.05) is 24.3 Å².